The van der Waals surface area contributed by atoms with E-state index in [1.807, 2.05) is 24.1 Å². The molecule has 0 aliphatic carbocycles. The molecule has 86 valence electrons. The van der Waals surface area contributed by atoms with E-state index < -0.39 is 0 Å². The first-order valence-corrected chi connectivity index (χ1v) is 5.98. The van der Waals surface area contributed by atoms with E-state index in [4.69, 9.17) is 5.73 Å². The summed E-state index contributed by atoms with van der Waals surface area (Å²) in [6, 6.07) is 0. The lowest BCUT2D eigenvalue weighted by Gasteiger charge is -1.99. The Kier molecular flexibility index (Phi) is 3.14. The minimum Gasteiger partial charge on any atom is -0.368 e. The zero-order valence-electron chi connectivity index (χ0n) is 9.29. The van der Waals surface area contributed by atoms with Crippen LogP contribution in [0.1, 0.15) is 12.5 Å². The number of nitrogens with zero attached hydrogens (tertiary/aromatic N) is 5. The first-order chi connectivity index (χ1) is 7.70. The highest BCUT2D eigenvalue weighted by molar-refractivity contribution is 7.98. The third-order valence-electron chi connectivity index (χ3n) is 2.25. The predicted octanol–water partition coefficient (Wildman–Crippen LogP) is 0.906. The molecule has 2 aromatic heterocycles. The van der Waals surface area contributed by atoms with Gasteiger partial charge >= 0.3 is 0 Å². The fourth-order valence-electron chi connectivity index (χ4n) is 1.25. The molecule has 0 aliphatic heterocycles. The second-order valence-electron chi connectivity index (χ2n) is 3.39. The normalized spacial score (nSPS) is 10.9. The van der Waals surface area contributed by atoms with Gasteiger partial charge in [0.05, 0.1) is 6.20 Å². The number of anilines is 1. The van der Waals surface area contributed by atoms with Gasteiger partial charge in [0.2, 0.25) is 5.95 Å². The summed E-state index contributed by atoms with van der Waals surface area (Å²) in [5.74, 6) is 1.26. The fraction of sp³-hybridized carbons (Fsp3) is 0.444. The van der Waals surface area contributed by atoms with Crippen LogP contribution < -0.4 is 5.73 Å². The Bertz CT molecular complexity index is 474. The summed E-state index contributed by atoms with van der Waals surface area (Å²) in [5.41, 5.74) is 6.77. The number of aromatic nitrogens is 5. The van der Waals surface area contributed by atoms with Gasteiger partial charge in [0.1, 0.15) is 0 Å². The second-order valence-corrected chi connectivity index (χ2v) is 4.34. The lowest BCUT2D eigenvalue weighted by Crippen LogP contribution is -1.98. The monoisotopic (exact) mass is 238 g/mol. The number of rotatable bonds is 4. The average molecular weight is 238 g/mol. The molecule has 7 heteroatoms. The first-order valence-electron chi connectivity index (χ1n) is 4.99. The molecule has 0 aromatic carbocycles. The Labute approximate surface area is 97.8 Å². The average Bonchev–Trinajstić information content (AvgIpc) is 2.86. The molecule has 2 aromatic rings. The van der Waals surface area contributed by atoms with Crippen molar-refractivity contribution in [1.29, 1.82) is 0 Å². The minimum absolute atomic E-state index is 0.437. The molecule has 0 aliphatic rings. The molecular weight excluding hydrogens is 224 g/mol. The van der Waals surface area contributed by atoms with Crippen molar-refractivity contribution in [3.8, 4) is 0 Å². The van der Waals surface area contributed by atoms with Gasteiger partial charge in [-0.2, -0.15) is 5.10 Å². The van der Waals surface area contributed by atoms with Crippen molar-refractivity contribution in [2.45, 2.75) is 24.4 Å². The molecular formula is C9H14N6S. The Morgan fingerprint density at radius 2 is 2.25 bits per heavy atom. The number of nitrogen functional groups attached to an aromatic ring is 1. The van der Waals surface area contributed by atoms with Gasteiger partial charge in [-0.1, -0.05) is 11.8 Å². The number of nitrogens with two attached hydrogens (primary N) is 1. The second kappa shape index (κ2) is 4.56. The Morgan fingerprint density at radius 1 is 1.44 bits per heavy atom. The van der Waals surface area contributed by atoms with Gasteiger partial charge in [0.25, 0.3) is 0 Å². The van der Waals surface area contributed by atoms with Gasteiger partial charge in [-0.25, -0.2) is 0 Å². The zero-order chi connectivity index (χ0) is 11.5. The van der Waals surface area contributed by atoms with E-state index in [1.54, 1.807) is 16.3 Å². The van der Waals surface area contributed by atoms with Crippen molar-refractivity contribution in [2.75, 3.05) is 5.73 Å². The third kappa shape index (κ3) is 2.19. The molecule has 0 fully saturated rings. The molecule has 0 radical (unpaired) electrons. The summed E-state index contributed by atoms with van der Waals surface area (Å²) >= 11 is 1.60. The number of thioether (sulfide) groups is 1. The zero-order valence-corrected chi connectivity index (χ0v) is 10.1. The van der Waals surface area contributed by atoms with E-state index in [-0.39, 0.29) is 0 Å². The van der Waals surface area contributed by atoms with Crippen molar-refractivity contribution in [2.24, 2.45) is 7.05 Å². The molecule has 2 rings (SSSR count). The van der Waals surface area contributed by atoms with Crippen LogP contribution >= 0.6 is 11.8 Å². The molecule has 6 nitrogen and oxygen atoms in total. The molecule has 0 atom stereocenters. The van der Waals surface area contributed by atoms with Crippen molar-refractivity contribution in [3.05, 3.63) is 18.0 Å². The summed E-state index contributed by atoms with van der Waals surface area (Å²) in [6.07, 6.45) is 3.91. The molecule has 16 heavy (non-hydrogen) atoms. The SMILES string of the molecule is CCn1cc(CSc2nnc(N)n2C)cn1. The topological polar surface area (TPSA) is 74.6 Å². The molecule has 2 N–H and O–H groups in total. The van der Waals surface area contributed by atoms with Gasteiger partial charge in [-0.15, -0.1) is 10.2 Å². The van der Waals surface area contributed by atoms with Crippen molar-refractivity contribution < 1.29 is 0 Å². The summed E-state index contributed by atoms with van der Waals surface area (Å²) in [6.45, 7) is 2.95. The van der Waals surface area contributed by atoms with Gasteiger partial charge < -0.3 is 5.73 Å². The maximum Gasteiger partial charge on any atom is 0.222 e. The van der Waals surface area contributed by atoms with Crippen molar-refractivity contribution in [1.82, 2.24) is 24.5 Å². The first kappa shape index (κ1) is 11.0. The summed E-state index contributed by atoms with van der Waals surface area (Å²) in [7, 11) is 1.85. The lowest BCUT2D eigenvalue weighted by atomic mass is 10.4. The van der Waals surface area contributed by atoms with Crippen molar-refractivity contribution in [3.63, 3.8) is 0 Å². The van der Waals surface area contributed by atoms with E-state index in [1.165, 1.54) is 5.56 Å². The molecule has 0 bridgehead atoms. The highest BCUT2D eigenvalue weighted by Crippen LogP contribution is 2.21. The van der Waals surface area contributed by atoms with Crippen LogP contribution in [-0.4, -0.2) is 24.5 Å². The highest BCUT2D eigenvalue weighted by Gasteiger charge is 2.06. The van der Waals surface area contributed by atoms with Gasteiger partial charge in [0, 0.05) is 31.1 Å². The van der Waals surface area contributed by atoms with E-state index in [2.05, 4.69) is 22.2 Å². The Hall–Kier alpha value is -1.50. The summed E-state index contributed by atoms with van der Waals surface area (Å²) < 4.78 is 3.68. The van der Waals surface area contributed by atoms with Crippen LogP contribution in [0, 0.1) is 0 Å². The largest absolute Gasteiger partial charge is 0.368 e. The highest BCUT2D eigenvalue weighted by atomic mass is 32.2. The summed E-state index contributed by atoms with van der Waals surface area (Å²) in [5, 5.41) is 12.8. The van der Waals surface area contributed by atoms with E-state index in [0.717, 1.165) is 17.5 Å². The molecule has 0 amide bonds. The van der Waals surface area contributed by atoms with E-state index >= 15 is 0 Å². The Balaban J connectivity index is 1.99. The standard InChI is InChI=1S/C9H14N6S/c1-3-15-5-7(4-11-15)6-16-9-13-12-8(10)14(9)2/h4-5H,3,6H2,1-2H3,(H2,10,12). The van der Waals surface area contributed by atoms with Gasteiger partial charge in [-0.3, -0.25) is 9.25 Å². The predicted molar refractivity (Wildman–Crippen MR) is 62.9 cm³/mol. The fourth-order valence-corrected chi connectivity index (χ4v) is 2.08. The van der Waals surface area contributed by atoms with Crippen LogP contribution in [0.25, 0.3) is 0 Å². The van der Waals surface area contributed by atoms with Gasteiger partial charge in [0.15, 0.2) is 5.16 Å². The van der Waals surface area contributed by atoms with Crippen molar-refractivity contribution >= 4 is 17.7 Å². The van der Waals surface area contributed by atoms with Crippen LogP contribution in [0.5, 0.6) is 0 Å². The maximum absolute atomic E-state index is 5.59. The minimum atomic E-state index is 0.437. The number of hydrogen-bond acceptors (Lipinski definition) is 5. The molecule has 0 saturated heterocycles. The quantitative estimate of drug-likeness (QED) is 0.801. The lowest BCUT2D eigenvalue weighted by molar-refractivity contribution is 0.659. The molecule has 0 spiro atoms. The van der Waals surface area contributed by atoms with Gasteiger partial charge in [-0.05, 0) is 6.92 Å². The molecule has 0 unspecified atom stereocenters. The number of aryl methyl sites for hydroxylation is 1. The van der Waals surface area contributed by atoms with E-state index in [0.29, 0.717) is 5.95 Å². The summed E-state index contributed by atoms with van der Waals surface area (Å²) in [4.78, 5) is 0. The van der Waals surface area contributed by atoms with Crippen LogP contribution in [0.4, 0.5) is 5.95 Å². The molecule has 0 saturated carbocycles. The Morgan fingerprint density at radius 3 is 2.81 bits per heavy atom. The van der Waals surface area contributed by atoms with Crippen LogP contribution in [0.3, 0.4) is 0 Å². The smallest absolute Gasteiger partial charge is 0.222 e. The van der Waals surface area contributed by atoms with E-state index in [9.17, 15) is 0 Å². The third-order valence-corrected chi connectivity index (χ3v) is 3.34. The number of hydrogen-bond donors (Lipinski definition) is 1. The maximum atomic E-state index is 5.59. The van der Waals surface area contributed by atoms with Crippen LogP contribution in [0.2, 0.25) is 0 Å². The molecule has 2 heterocycles. The van der Waals surface area contributed by atoms with Crippen LogP contribution in [-0.2, 0) is 19.3 Å². The van der Waals surface area contributed by atoms with Crippen LogP contribution in [0.15, 0.2) is 17.6 Å².